The number of likely N-dealkylation sites (N-methyl/N-ethyl adjacent to an activating group) is 1. The first-order valence-corrected chi connectivity index (χ1v) is 9.94. The van der Waals surface area contributed by atoms with Gasteiger partial charge in [-0.2, -0.15) is 5.26 Å². The van der Waals surface area contributed by atoms with Crippen LogP contribution in [-0.2, 0) is 11.2 Å². The van der Waals surface area contributed by atoms with E-state index >= 15 is 0 Å². The van der Waals surface area contributed by atoms with Crippen LogP contribution in [0.1, 0.15) is 33.2 Å². The first kappa shape index (κ1) is 15.9. The first-order chi connectivity index (χ1) is 18.5. The third-order valence-electron chi connectivity index (χ3n) is 4.54. The van der Waals surface area contributed by atoms with Gasteiger partial charge in [0.2, 0.25) is 0 Å². The summed E-state index contributed by atoms with van der Waals surface area (Å²) in [5, 5.41) is 12.8. The fraction of sp³-hybridized carbons (Fsp3) is 0.269. The molecular formula is C26H27FN4O2. The maximum absolute atomic E-state index is 14.3. The SMILES string of the molecule is [2H]c1c([2H])c(Nc2c(C#N)cnc3cc(OC([2H])([2H])C)c(CC(=O)/C=C/C([2H])([2H])N(C)C)cc23)c([2H])c(C)c1F. The highest BCUT2D eigenvalue weighted by atomic mass is 19.1. The topological polar surface area (TPSA) is 78.2 Å². The predicted molar refractivity (Wildman–Crippen MR) is 128 cm³/mol. The number of fused-ring (bicyclic) bond motifs is 1. The third kappa shape index (κ3) is 5.93. The van der Waals surface area contributed by atoms with Crippen LogP contribution in [0.25, 0.3) is 10.9 Å². The zero-order chi connectivity index (χ0) is 30.2. The van der Waals surface area contributed by atoms with Gasteiger partial charge in [-0.25, -0.2) is 4.39 Å². The minimum Gasteiger partial charge on any atom is -0.494 e. The summed E-state index contributed by atoms with van der Waals surface area (Å²) in [4.78, 5) is 18.3. The van der Waals surface area contributed by atoms with Gasteiger partial charge in [-0.1, -0.05) is 6.08 Å². The molecule has 0 amide bonds. The minimum absolute atomic E-state index is 0.00403. The van der Waals surface area contributed by atoms with E-state index in [1.54, 1.807) is 0 Å². The zero-order valence-corrected chi connectivity index (χ0v) is 18.6. The van der Waals surface area contributed by atoms with Crippen LogP contribution in [0.5, 0.6) is 5.75 Å². The molecule has 170 valence electrons. The van der Waals surface area contributed by atoms with E-state index in [1.165, 1.54) is 51.2 Å². The molecule has 0 aliphatic rings. The Kier molecular flexibility index (Phi) is 5.17. The molecule has 0 atom stereocenters. The van der Waals surface area contributed by atoms with Crippen molar-refractivity contribution in [3.8, 4) is 11.8 Å². The van der Waals surface area contributed by atoms with Crippen LogP contribution in [0.3, 0.4) is 0 Å². The number of hydrogen-bond donors (Lipinski definition) is 1. The van der Waals surface area contributed by atoms with E-state index in [1.807, 2.05) is 6.07 Å². The van der Waals surface area contributed by atoms with Gasteiger partial charge in [0.25, 0.3) is 0 Å². The molecule has 33 heavy (non-hydrogen) atoms. The van der Waals surface area contributed by atoms with E-state index in [9.17, 15) is 14.4 Å². The van der Waals surface area contributed by atoms with Crippen LogP contribution in [0.4, 0.5) is 15.8 Å². The number of aromatic nitrogens is 1. The number of anilines is 2. The molecule has 0 bridgehead atoms. The Hall–Kier alpha value is -3.76. The Morgan fingerprint density at radius 3 is 2.91 bits per heavy atom. The van der Waals surface area contributed by atoms with Crippen LogP contribution in [0, 0.1) is 24.1 Å². The Morgan fingerprint density at radius 1 is 1.42 bits per heavy atom. The average Bonchev–Trinajstić information content (AvgIpc) is 2.87. The number of carbonyl (C=O) groups excluding carboxylic acids is 1. The molecule has 3 aromatic rings. The highest BCUT2D eigenvalue weighted by Crippen LogP contribution is 2.34. The Balaban J connectivity index is 2.22. The number of nitrogens with zero attached hydrogens (tertiary/aromatic N) is 3. The van der Waals surface area contributed by atoms with Crippen molar-refractivity contribution in [3.05, 3.63) is 71.1 Å². The summed E-state index contributed by atoms with van der Waals surface area (Å²) in [6.07, 6.45) is 3.07. The standard InChI is InChI=1S/C26H27FN4O2/c1-5-33-25-14-24-22(13-18(25)12-21(32)7-6-10-31(3)4)26(19(15-28)16-29-24)30-20-8-9-23(27)17(2)11-20/h6-9,11,13-14,16H,5,10,12H2,1-4H3,(H,29,30)/b7-6+/i5D2,8D,9D,10D2,11D. The molecular weight excluding hydrogens is 419 g/mol. The normalized spacial score (nSPS) is 15.1. The summed E-state index contributed by atoms with van der Waals surface area (Å²) in [6, 6.07) is 3.11. The maximum atomic E-state index is 14.3. The minimum atomic E-state index is -2.13. The van der Waals surface area contributed by atoms with Gasteiger partial charge >= 0.3 is 0 Å². The second kappa shape index (κ2) is 10.7. The van der Waals surface area contributed by atoms with Crippen molar-refractivity contribution >= 4 is 28.1 Å². The number of nitriles is 1. The highest BCUT2D eigenvalue weighted by molar-refractivity contribution is 5.98. The van der Waals surface area contributed by atoms with Crippen LogP contribution in [0.2, 0.25) is 0 Å². The van der Waals surface area contributed by atoms with Crippen molar-refractivity contribution < 1.29 is 23.5 Å². The number of benzene rings is 2. The monoisotopic (exact) mass is 453 g/mol. The fourth-order valence-electron chi connectivity index (χ4n) is 3.03. The van der Waals surface area contributed by atoms with Crippen molar-refractivity contribution in [2.24, 2.45) is 0 Å². The number of rotatable bonds is 9. The molecule has 0 aliphatic carbocycles. The van der Waals surface area contributed by atoms with Crippen molar-refractivity contribution in [2.75, 3.05) is 32.5 Å². The molecule has 6 nitrogen and oxygen atoms in total. The third-order valence-corrected chi connectivity index (χ3v) is 4.54. The van der Waals surface area contributed by atoms with Crippen LogP contribution in [-0.4, -0.2) is 42.8 Å². The lowest BCUT2D eigenvalue weighted by molar-refractivity contribution is -0.114. The molecule has 1 aromatic heterocycles. The van der Waals surface area contributed by atoms with Gasteiger partial charge in [-0.05, 0) is 63.8 Å². The number of halogens is 1. The smallest absolute Gasteiger partial charge is 0.159 e. The van der Waals surface area contributed by atoms with Gasteiger partial charge in [0.05, 0.1) is 30.2 Å². The number of hydrogen-bond acceptors (Lipinski definition) is 6. The van der Waals surface area contributed by atoms with E-state index in [0.717, 1.165) is 12.2 Å². The Morgan fingerprint density at radius 2 is 2.21 bits per heavy atom. The predicted octanol–water partition coefficient (Wildman–Crippen LogP) is 4.93. The zero-order valence-electron chi connectivity index (χ0n) is 25.6. The maximum Gasteiger partial charge on any atom is 0.159 e. The molecule has 0 aliphatic heterocycles. The molecule has 0 spiro atoms. The Labute approximate surface area is 203 Å². The van der Waals surface area contributed by atoms with E-state index in [4.69, 9.17) is 14.3 Å². The molecule has 0 saturated heterocycles. The van der Waals surface area contributed by atoms with E-state index in [0.29, 0.717) is 0 Å². The van der Waals surface area contributed by atoms with E-state index < -0.39 is 36.7 Å². The van der Waals surface area contributed by atoms with Crippen molar-refractivity contribution in [2.45, 2.75) is 20.3 Å². The Bertz CT molecular complexity index is 1530. The molecule has 1 N–H and O–H groups in total. The summed E-state index contributed by atoms with van der Waals surface area (Å²) in [5.74, 6) is -1.52. The van der Waals surface area contributed by atoms with Gasteiger partial charge in [-0.3, -0.25) is 9.78 Å². The average molecular weight is 454 g/mol. The van der Waals surface area contributed by atoms with Gasteiger partial charge in [0, 0.05) is 44.6 Å². The van der Waals surface area contributed by atoms with Gasteiger partial charge in [0.1, 0.15) is 17.6 Å². The second-order valence-corrected chi connectivity index (χ2v) is 7.26. The quantitative estimate of drug-likeness (QED) is 0.463. The second-order valence-electron chi connectivity index (χ2n) is 7.26. The summed E-state index contributed by atoms with van der Waals surface area (Å²) in [5.41, 5.74) is 0.141. The van der Waals surface area contributed by atoms with Crippen LogP contribution >= 0.6 is 0 Å². The van der Waals surface area contributed by atoms with E-state index in [-0.39, 0.29) is 57.2 Å². The first-order valence-electron chi connectivity index (χ1n) is 13.4. The lowest BCUT2D eigenvalue weighted by Gasteiger charge is -2.15. The molecule has 7 heteroatoms. The summed E-state index contributed by atoms with van der Waals surface area (Å²) in [7, 11) is 3.02. The molecule has 2 aromatic carbocycles. The van der Waals surface area contributed by atoms with Gasteiger partial charge in [0.15, 0.2) is 5.78 Å². The summed E-state index contributed by atoms with van der Waals surface area (Å²) >= 11 is 0. The number of pyridine rings is 1. The van der Waals surface area contributed by atoms with Gasteiger partial charge < -0.3 is 15.0 Å². The molecule has 0 radical (unpaired) electrons. The molecule has 0 unspecified atom stereocenters. The molecule has 1 heterocycles. The number of carbonyl (C=O) groups is 1. The number of ketones is 1. The fourth-order valence-corrected chi connectivity index (χ4v) is 3.03. The molecule has 3 rings (SSSR count). The van der Waals surface area contributed by atoms with Crippen molar-refractivity contribution in [1.29, 1.82) is 5.26 Å². The summed E-state index contributed by atoms with van der Waals surface area (Å²) < 4.78 is 75.7. The molecule has 0 fully saturated rings. The van der Waals surface area contributed by atoms with Gasteiger partial charge in [-0.15, -0.1) is 0 Å². The number of nitrogens with one attached hydrogen (secondary N) is 1. The molecule has 0 saturated carbocycles. The van der Waals surface area contributed by atoms with Crippen LogP contribution < -0.4 is 10.1 Å². The lowest BCUT2D eigenvalue weighted by atomic mass is 10.0. The lowest BCUT2D eigenvalue weighted by Crippen LogP contribution is -2.11. The largest absolute Gasteiger partial charge is 0.494 e. The van der Waals surface area contributed by atoms with E-state index in [2.05, 4.69) is 10.3 Å². The number of ether oxygens (including phenoxy) is 1. The van der Waals surface area contributed by atoms with Crippen LogP contribution in [0.15, 0.2) is 48.6 Å². The van der Waals surface area contributed by atoms with Crippen molar-refractivity contribution in [3.63, 3.8) is 0 Å². The van der Waals surface area contributed by atoms with Crippen molar-refractivity contribution in [1.82, 2.24) is 9.88 Å². The summed E-state index contributed by atoms with van der Waals surface area (Å²) in [6.45, 7) is -1.55. The number of allylic oxidation sites excluding steroid dienone is 1. The highest BCUT2D eigenvalue weighted by Gasteiger charge is 2.16.